The first kappa shape index (κ1) is 12.9. The Labute approximate surface area is 109 Å². The van der Waals surface area contributed by atoms with Crippen LogP contribution in [0.2, 0.25) is 0 Å². The number of phenols is 1. The minimum atomic E-state index is -0.474. The van der Waals surface area contributed by atoms with Crippen LogP contribution in [-0.4, -0.2) is 16.8 Å². The summed E-state index contributed by atoms with van der Waals surface area (Å²) in [5, 5.41) is 12.2. The summed E-state index contributed by atoms with van der Waals surface area (Å²) in [5.74, 6) is -0.557. The van der Waals surface area contributed by atoms with Gasteiger partial charge < -0.3 is 14.8 Å². The molecule has 0 fully saturated rings. The number of ketones is 1. The number of rotatable bonds is 3. The summed E-state index contributed by atoms with van der Waals surface area (Å²) >= 11 is 0. The molecular formula is C14H13NO4. The molecule has 0 atom stereocenters. The zero-order valence-electron chi connectivity index (χ0n) is 10.6. The van der Waals surface area contributed by atoms with Crippen LogP contribution in [0.1, 0.15) is 33.4 Å². The van der Waals surface area contributed by atoms with Gasteiger partial charge in [-0.15, -0.1) is 0 Å². The van der Waals surface area contributed by atoms with Crippen molar-refractivity contribution in [3.63, 3.8) is 0 Å². The van der Waals surface area contributed by atoms with Crippen molar-refractivity contribution in [3.05, 3.63) is 47.4 Å². The second-order valence-electron chi connectivity index (χ2n) is 4.17. The molecule has 5 nitrogen and oxygen atoms in total. The van der Waals surface area contributed by atoms with Crippen molar-refractivity contribution in [3.8, 4) is 5.75 Å². The van der Waals surface area contributed by atoms with Gasteiger partial charge in [0.1, 0.15) is 5.75 Å². The van der Waals surface area contributed by atoms with Gasteiger partial charge in [0.05, 0.1) is 12.0 Å². The normalized spacial score (nSPS) is 10.2. The molecule has 0 aliphatic heterocycles. The van der Waals surface area contributed by atoms with Crippen LogP contribution < -0.4 is 5.32 Å². The summed E-state index contributed by atoms with van der Waals surface area (Å²) < 4.78 is 5.06. The summed E-state index contributed by atoms with van der Waals surface area (Å²) in [6.07, 6.45) is 1.41. The summed E-state index contributed by atoms with van der Waals surface area (Å²) in [6.45, 7) is 3.15. The maximum atomic E-state index is 11.9. The van der Waals surface area contributed by atoms with Crippen molar-refractivity contribution < 1.29 is 19.1 Å². The second kappa shape index (κ2) is 4.97. The van der Waals surface area contributed by atoms with Gasteiger partial charge in [0.2, 0.25) is 0 Å². The van der Waals surface area contributed by atoms with Crippen LogP contribution in [0.3, 0.4) is 0 Å². The molecular weight excluding hydrogens is 246 g/mol. The third kappa shape index (κ3) is 2.65. The van der Waals surface area contributed by atoms with E-state index in [-0.39, 0.29) is 23.0 Å². The Morgan fingerprint density at radius 2 is 2.00 bits per heavy atom. The molecule has 0 bridgehead atoms. The van der Waals surface area contributed by atoms with Gasteiger partial charge in [0.25, 0.3) is 5.91 Å². The van der Waals surface area contributed by atoms with E-state index in [1.807, 2.05) is 0 Å². The standard InChI is InChI=1S/C14H13NO4/c1-8-5-6-19-13(8)14(18)15-11-7-10(9(2)16)3-4-12(11)17/h3-7,17H,1-2H3,(H,15,18). The molecule has 1 aromatic heterocycles. The van der Waals surface area contributed by atoms with Gasteiger partial charge in [-0.2, -0.15) is 0 Å². The first-order valence-corrected chi connectivity index (χ1v) is 5.68. The monoisotopic (exact) mass is 259 g/mol. The number of carbonyl (C=O) groups excluding carboxylic acids is 2. The lowest BCUT2D eigenvalue weighted by atomic mass is 10.1. The molecule has 2 rings (SSSR count). The van der Waals surface area contributed by atoms with Crippen LogP contribution in [0.15, 0.2) is 34.9 Å². The van der Waals surface area contributed by atoms with E-state index in [1.165, 1.54) is 31.4 Å². The average molecular weight is 259 g/mol. The largest absolute Gasteiger partial charge is 0.506 e. The number of furan rings is 1. The van der Waals surface area contributed by atoms with Crippen molar-refractivity contribution >= 4 is 17.4 Å². The first-order valence-electron chi connectivity index (χ1n) is 5.68. The molecule has 0 unspecified atom stereocenters. The van der Waals surface area contributed by atoms with E-state index in [9.17, 15) is 14.7 Å². The fourth-order valence-corrected chi connectivity index (χ4v) is 1.64. The zero-order chi connectivity index (χ0) is 14.0. The molecule has 1 aromatic carbocycles. The minimum absolute atomic E-state index is 0.109. The van der Waals surface area contributed by atoms with Gasteiger partial charge in [0.15, 0.2) is 11.5 Å². The van der Waals surface area contributed by atoms with Crippen LogP contribution in [0.4, 0.5) is 5.69 Å². The van der Waals surface area contributed by atoms with Crippen LogP contribution in [-0.2, 0) is 0 Å². The first-order chi connectivity index (χ1) is 8.99. The Bertz CT molecular complexity index is 643. The van der Waals surface area contributed by atoms with Crippen LogP contribution in [0, 0.1) is 6.92 Å². The smallest absolute Gasteiger partial charge is 0.291 e. The number of hydrogen-bond acceptors (Lipinski definition) is 4. The molecule has 0 saturated heterocycles. The number of nitrogens with one attached hydrogen (secondary N) is 1. The quantitative estimate of drug-likeness (QED) is 0.656. The Morgan fingerprint density at radius 1 is 1.26 bits per heavy atom. The predicted octanol–water partition coefficient (Wildman–Crippen LogP) is 2.75. The van der Waals surface area contributed by atoms with Crippen LogP contribution >= 0.6 is 0 Å². The number of aryl methyl sites for hydroxylation is 1. The average Bonchev–Trinajstić information content (AvgIpc) is 2.78. The molecule has 2 N–H and O–H groups in total. The number of amides is 1. The topological polar surface area (TPSA) is 79.5 Å². The Balaban J connectivity index is 2.28. The van der Waals surface area contributed by atoms with E-state index in [0.29, 0.717) is 11.1 Å². The Kier molecular flexibility index (Phi) is 3.37. The number of hydrogen-bond donors (Lipinski definition) is 2. The highest BCUT2D eigenvalue weighted by Crippen LogP contribution is 2.25. The van der Waals surface area contributed by atoms with Gasteiger partial charge in [-0.25, -0.2) is 0 Å². The molecule has 0 spiro atoms. The molecule has 0 saturated carbocycles. The minimum Gasteiger partial charge on any atom is -0.506 e. The highest BCUT2D eigenvalue weighted by Gasteiger charge is 2.15. The van der Waals surface area contributed by atoms with Gasteiger partial charge in [-0.3, -0.25) is 9.59 Å². The van der Waals surface area contributed by atoms with Gasteiger partial charge in [0, 0.05) is 11.1 Å². The van der Waals surface area contributed by atoms with Crippen molar-refractivity contribution in [2.75, 3.05) is 5.32 Å². The highest BCUT2D eigenvalue weighted by molar-refractivity contribution is 6.05. The molecule has 2 aromatic rings. The van der Waals surface area contributed by atoms with Gasteiger partial charge in [-0.1, -0.05) is 0 Å². The van der Waals surface area contributed by atoms with E-state index in [2.05, 4.69) is 5.32 Å². The number of Topliss-reactive ketones (excluding diaryl/α,β-unsaturated/α-hetero) is 1. The molecule has 1 amide bonds. The molecule has 0 aliphatic carbocycles. The predicted molar refractivity (Wildman–Crippen MR) is 69.5 cm³/mol. The summed E-state index contributed by atoms with van der Waals surface area (Å²) in [6, 6.07) is 5.95. The number of aromatic hydroxyl groups is 1. The third-order valence-electron chi connectivity index (χ3n) is 2.72. The van der Waals surface area contributed by atoms with Crippen molar-refractivity contribution in [1.29, 1.82) is 0 Å². The van der Waals surface area contributed by atoms with Gasteiger partial charge >= 0.3 is 0 Å². The molecule has 19 heavy (non-hydrogen) atoms. The zero-order valence-corrected chi connectivity index (χ0v) is 10.6. The lowest BCUT2D eigenvalue weighted by Gasteiger charge is -2.07. The second-order valence-corrected chi connectivity index (χ2v) is 4.17. The van der Waals surface area contributed by atoms with Gasteiger partial charge in [-0.05, 0) is 38.1 Å². The fraction of sp³-hybridized carbons (Fsp3) is 0.143. The number of carbonyl (C=O) groups is 2. The Morgan fingerprint density at radius 3 is 2.58 bits per heavy atom. The van der Waals surface area contributed by atoms with Crippen molar-refractivity contribution in [1.82, 2.24) is 0 Å². The molecule has 0 radical (unpaired) electrons. The summed E-state index contributed by atoms with van der Waals surface area (Å²) in [4.78, 5) is 23.2. The SMILES string of the molecule is CC(=O)c1ccc(O)c(NC(=O)c2occc2C)c1. The fourth-order valence-electron chi connectivity index (χ4n) is 1.64. The third-order valence-corrected chi connectivity index (χ3v) is 2.72. The van der Waals surface area contributed by atoms with E-state index in [4.69, 9.17) is 4.42 Å². The van der Waals surface area contributed by atoms with Crippen molar-refractivity contribution in [2.24, 2.45) is 0 Å². The number of benzene rings is 1. The lowest BCUT2D eigenvalue weighted by Crippen LogP contribution is -2.12. The van der Waals surface area contributed by atoms with E-state index in [0.717, 1.165) is 0 Å². The number of anilines is 1. The maximum Gasteiger partial charge on any atom is 0.291 e. The maximum absolute atomic E-state index is 11.9. The van der Waals surface area contributed by atoms with Crippen LogP contribution in [0.5, 0.6) is 5.75 Å². The highest BCUT2D eigenvalue weighted by atomic mass is 16.3. The molecule has 1 heterocycles. The van der Waals surface area contributed by atoms with Crippen LogP contribution in [0.25, 0.3) is 0 Å². The summed E-state index contributed by atoms with van der Waals surface area (Å²) in [7, 11) is 0. The van der Waals surface area contributed by atoms with E-state index < -0.39 is 5.91 Å². The molecule has 98 valence electrons. The number of phenolic OH excluding ortho intramolecular Hbond substituents is 1. The lowest BCUT2D eigenvalue weighted by molar-refractivity contribution is 0.0991. The van der Waals surface area contributed by atoms with E-state index >= 15 is 0 Å². The van der Waals surface area contributed by atoms with Crippen molar-refractivity contribution in [2.45, 2.75) is 13.8 Å². The molecule has 5 heteroatoms. The molecule has 0 aliphatic rings. The summed E-state index contributed by atoms with van der Waals surface area (Å²) in [5.41, 5.74) is 1.28. The Hall–Kier alpha value is -2.56. The van der Waals surface area contributed by atoms with E-state index in [1.54, 1.807) is 13.0 Å².